The number of ether oxygens (including phenoxy) is 2. The first kappa shape index (κ1) is 13.7. The van der Waals surface area contributed by atoms with Crippen molar-refractivity contribution in [3.8, 4) is 0 Å². The summed E-state index contributed by atoms with van der Waals surface area (Å²) in [5.74, 6) is 0.00826. The standard InChI is InChI=1S/C14H18N2O3S/c1-2-6-18-12-4-3-11-13(12)19-7-5-16(11)14(17)10-8-20-9-15-10/h2,8-9,11-13H,1,3-7H2/t11-,12+,13+/m0/s1. The van der Waals surface area contributed by atoms with Gasteiger partial charge in [0, 0.05) is 11.9 Å². The van der Waals surface area contributed by atoms with Crippen LogP contribution in [0.2, 0.25) is 0 Å². The maximum absolute atomic E-state index is 12.5. The summed E-state index contributed by atoms with van der Waals surface area (Å²) in [5.41, 5.74) is 2.22. The first-order chi connectivity index (χ1) is 9.81. The Morgan fingerprint density at radius 3 is 3.30 bits per heavy atom. The zero-order valence-corrected chi connectivity index (χ0v) is 12.1. The quantitative estimate of drug-likeness (QED) is 0.793. The van der Waals surface area contributed by atoms with Crippen LogP contribution < -0.4 is 0 Å². The molecule has 1 aliphatic carbocycles. The molecule has 3 atom stereocenters. The van der Waals surface area contributed by atoms with Crippen molar-refractivity contribution in [1.82, 2.24) is 9.88 Å². The number of thiazole rings is 1. The molecule has 20 heavy (non-hydrogen) atoms. The van der Waals surface area contributed by atoms with Crippen molar-refractivity contribution in [3.05, 3.63) is 29.2 Å². The lowest BCUT2D eigenvalue weighted by molar-refractivity contribution is -0.100. The van der Waals surface area contributed by atoms with Crippen molar-refractivity contribution in [3.63, 3.8) is 0 Å². The highest BCUT2D eigenvalue weighted by molar-refractivity contribution is 7.07. The number of morpholine rings is 1. The van der Waals surface area contributed by atoms with Crippen molar-refractivity contribution in [2.75, 3.05) is 19.8 Å². The van der Waals surface area contributed by atoms with Gasteiger partial charge >= 0.3 is 0 Å². The number of hydrogen-bond donors (Lipinski definition) is 0. The highest BCUT2D eigenvalue weighted by Crippen LogP contribution is 2.32. The molecule has 1 aromatic rings. The monoisotopic (exact) mass is 294 g/mol. The van der Waals surface area contributed by atoms with E-state index in [0.717, 1.165) is 12.8 Å². The first-order valence-electron chi connectivity index (χ1n) is 6.84. The molecule has 0 unspecified atom stereocenters. The average molecular weight is 294 g/mol. The maximum atomic E-state index is 12.5. The second-order valence-corrected chi connectivity index (χ2v) is 5.73. The van der Waals surface area contributed by atoms with Gasteiger partial charge in [-0.05, 0) is 12.8 Å². The zero-order chi connectivity index (χ0) is 13.9. The van der Waals surface area contributed by atoms with Crippen LogP contribution in [0, 0.1) is 0 Å². The van der Waals surface area contributed by atoms with Gasteiger partial charge in [-0.25, -0.2) is 4.98 Å². The van der Waals surface area contributed by atoms with E-state index >= 15 is 0 Å². The van der Waals surface area contributed by atoms with Crippen LogP contribution in [-0.4, -0.2) is 53.8 Å². The van der Waals surface area contributed by atoms with Crippen LogP contribution >= 0.6 is 11.3 Å². The van der Waals surface area contributed by atoms with Gasteiger partial charge in [0.15, 0.2) is 0 Å². The largest absolute Gasteiger partial charge is 0.372 e. The van der Waals surface area contributed by atoms with Gasteiger partial charge in [-0.3, -0.25) is 4.79 Å². The van der Waals surface area contributed by atoms with Gasteiger partial charge in [-0.1, -0.05) is 6.08 Å². The fourth-order valence-electron chi connectivity index (χ4n) is 3.00. The molecule has 2 heterocycles. The Morgan fingerprint density at radius 1 is 1.65 bits per heavy atom. The van der Waals surface area contributed by atoms with Crippen LogP contribution in [-0.2, 0) is 9.47 Å². The Morgan fingerprint density at radius 2 is 2.55 bits per heavy atom. The van der Waals surface area contributed by atoms with Gasteiger partial charge in [0.25, 0.3) is 5.91 Å². The molecule has 1 saturated heterocycles. The van der Waals surface area contributed by atoms with E-state index in [1.807, 2.05) is 4.90 Å². The molecule has 5 nitrogen and oxygen atoms in total. The summed E-state index contributed by atoms with van der Waals surface area (Å²) in [5, 5.41) is 1.80. The molecule has 0 aromatic carbocycles. The van der Waals surface area contributed by atoms with Crippen LogP contribution in [0.1, 0.15) is 23.3 Å². The molecule has 1 amide bonds. The third-order valence-corrected chi connectivity index (χ3v) is 4.46. The second-order valence-electron chi connectivity index (χ2n) is 5.01. The molecule has 2 aliphatic rings. The number of aromatic nitrogens is 1. The summed E-state index contributed by atoms with van der Waals surface area (Å²) in [6.45, 7) is 5.38. The maximum Gasteiger partial charge on any atom is 0.273 e. The Hall–Kier alpha value is -1.24. The predicted octanol–water partition coefficient (Wildman–Crippen LogP) is 1.72. The molecule has 0 bridgehead atoms. The Labute approximate surface area is 122 Å². The predicted molar refractivity (Wildman–Crippen MR) is 75.8 cm³/mol. The minimum Gasteiger partial charge on any atom is -0.372 e. The SMILES string of the molecule is C=CCO[C@@H]1CC[C@H]2[C@H]1OCCN2C(=O)c1cscn1. The molecule has 0 N–H and O–H groups in total. The lowest BCUT2D eigenvalue weighted by Crippen LogP contribution is -2.54. The lowest BCUT2D eigenvalue weighted by Gasteiger charge is -2.38. The summed E-state index contributed by atoms with van der Waals surface area (Å²) >= 11 is 1.44. The topological polar surface area (TPSA) is 51.7 Å². The van der Waals surface area contributed by atoms with Gasteiger partial charge in [-0.15, -0.1) is 17.9 Å². The van der Waals surface area contributed by atoms with Crippen molar-refractivity contribution in [1.29, 1.82) is 0 Å². The number of nitrogens with zero attached hydrogens (tertiary/aromatic N) is 2. The molecular weight excluding hydrogens is 276 g/mol. The van der Waals surface area contributed by atoms with E-state index in [2.05, 4.69) is 11.6 Å². The normalized spacial score (nSPS) is 29.2. The summed E-state index contributed by atoms with van der Waals surface area (Å²) in [6.07, 6.45) is 3.62. The average Bonchev–Trinajstić information content (AvgIpc) is 3.13. The third-order valence-electron chi connectivity index (χ3n) is 3.88. The minimum absolute atomic E-state index is 0.00826. The van der Waals surface area contributed by atoms with Crippen molar-refractivity contribution in [2.24, 2.45) is 0 Å². The Bertz CT molecular complexity index is 477. The highest BCUT2D eigenvalue weighted by Gasteiger charge is 2.45. The van der Waals surface area contributed by atoms with E-state index in [1.165, 1.54) is 11.3 Å². The van der Waals surface area contributed by atoms with Crippen LogP contribution in [0.25, 0.3) is 0 Å². The molecule has 6 heteroatoms. The minimum atomic E-state index is -0.0220. The number of carbonyl (C=O) groups is 1. The van der Waals surface area contributed by atoms with Crippen LogP contribution in [0.4, 0.5) is 0 Å². The molecule has 1 aliphatic heterocycles. The van der Waals surface area contributed by atoms with Gasteiger partial charge in [-0.2, -0.15) is 0 Å². The summed E-state index contributed by atoms with van der Waals surface area (Å²) in [4.78, 5) is 18.5. The molecule has 3 rings (SSSR count). The zero-order valence-electron chi connectivity index (χ0n) is 11.2. The van der Waals surface area contributed by atoms with Crippen LogP contribution in [0.5, 0.6) is 0 Å². The number of carbonyl (C=O) groups excluding carboxylic acids is 1. The summed E-state index contributed by atoms with van der Waals surface area (Å²) < 4.78 is 11.6. The van der Waals surface area contributed by atoms with E-state index in [1.54, 1.807) is 17.0 Å². The van der Waals surface area contributed by atoms with Gasteiger partial charge in [0.1, 0.15) is 11.8 Å². The lowest BCUT2D eigenvalue weighted by atomic mass is 10.1. The van der Waals surface area contributed by atoms with E-state index in [4.69, 9.17) is 9.47 Å². The van der Waals surface area contributed by atoms with E-state index in [9.17, 15) is 4.79 Å². The number of rotatable bonds is 4. The number of hydrogen-bond acceptors (Lipinski definition) is 5. The third kappa shape index (κ3) is 2.51. The molecule has 1 aromatic heterocycles. The van der Waals surface area contributed by atoms with Crippen LogP contribution in [0.3, 0.4) is 0 Å². The molecule has 0 spiro atoms. The first-order valence-corrected chi connectivity index (χ1v) is 7.79. The summed E-state index contributed by atoms with van der Waals surface area (Å²) in [7, 11) is 0. The fraction of sp³-hybridized carbons (Fsp3) is 0.571. The Kier molecular flexibility index (Phi) is 4.14. The fourth-order valence-corrected chi connectivity index (χ4v) is 3.53. The molecule has 1 saturated carbocycles. The number of amides is 1. The van der Waals surface area contributed by atoms with Gasteiger partial charge in [0.2, 0.25) is 0 Å². The summed E-state index contributed by atoms with van der Waals surface area (Å²) in [6, 6.07) is 0.104. The molecule has 0 radical (unpaired) electrons. The smallest absolute Gasteiger partial charge is 0.273 e. The molecule has 2 fully saturated rings. The van der Waals surface area contributed by atoms with Gasteiger partial charge < -0.3 is 14.4 Å². The van der Waals surface area contributed by atoms with E-state index in [-0.39, 0.29) is 24.2 Å². The highest BCUT2D eigenvalue weighted by atomic mass is 32.1. The van der Waals surface area contributed by atoms with Crippen molar-refractivity contribution in [2.45, 2.75) is 31.1 Å². The van der Waals surface area contributed by atoms with E-state index < -0.39 is 0 Å². The van der Waals surface area contributed by atoms with E-state index in [0.29, 0.717) is 25.5 Å². The number of fused-ring (bicyclic) bond motifs is 1. The van der Waals surface area contributed by atoms with Crippen molar-refractivity contribution >= 4 is 17.2 Å². The van der Waals surface area contributed by atoms with Crippen LogP contribution in [0.15, 0.2) is 23.5 Å². The molecular formula is C14H18N2O3S. The van der Waals surface area contributed by atoms with Crippen molar-refractivity contribution < 1.29 is 14.3 Å². The van der Waals surface area contributed by atoms with Gasteiger partial charge in [0.05, 0.1) is 30.9 Å². The second kappa shape index (κ2) is 6.03. The Balaban J connectivity index is 1.71. The molecule has 108 valence electrons.